The van der Waals surface area contributed by atoms with Crippen molar-refractivity contribution in [3.63, 3.8) is 0 Å². The number of anilines is 2. The summed E-state index contributed by atoms with van der Waals surface area (Å²) >= 11 is 6.40. The Hall–Kier alpha value is -3.90. The van der Waals surface area contributed by atoms with Crippen molar-refractivity contribution in [2.24, 2.45) is 0 Å². The van der Waals surface area contributed by atoms with Crippen LogP contribution in [0, 0.1) is 0 Å². The number of hydrogen-bond donors (Lipinski definition) is 1. The van der Waals surface area contributed by atoms with Crippen molar-refractivity contribution in [1.82, 2.24) is 4.98 Å². The molecule has 0 saturated carbocycles. The van der Waals surface area contributed by atoms with Gasteiger partial charge in [-0.2, -0.15) is 0 Å². The summed E-state index contributed by atoms with van der Waals surface area (Å²) in [7, 11) is 0. The molecule has 1 aliphatic rings. The molecule has 6 nitrogen and oxygen atoms in total. The Labute approximate surface area is 208 Å². The van der Waals surface area contributed by atoms with E-state index < -0.39 is 0 Å². The fraction of sp³-hybridized carbons (Fsp3) is 0.179. The highest BCUT2D eigenvalue weighted by molar-refractivity contribution is 6.34. The van der Waals surface area contributed by atoms with Gasteiger partial charge in [-0.15, -0.1) is 0 Å². The first-order valence-corrected chi connectivity index (χ1v) is 12.0. The van der Waals surface area contributed by atoms with Gasteiger partial charge in [0.25, 0.3) is 0 Å². The van der Waals surface area contributed by atoms with Crippen molar-refractivity contribution in [1.29, 1.82) is 0 Å². The normalized spacial score (nSPS) is 13.3. The van der Waals surface area contributed by atoms with Crippen LogP contribution in [0.3, 0.4) is 0 Å². The van der Waals surface area contributed by atoms with Crippen molar-refractivity contribution >= 4 is 34.8 Å². The minimum Gasteiger partial charge on any atom is -0.440 e. The zero-order valence-electron chi connectivity index (χ0n) is 19.0. The number of benzene rings is 3. The minimum atomic E-state index is -0.174. The van der Waals surface area contributed by atoms with Crippen LogP contribution in [-0.4, -0.2) is 23.3 Å². The molecule has 0 unspecified atom stereocenters. The molecule has 0 bridgehead atoms. The van der Waals surface area contributed by atoms with Crippen molar-refractivity contribution in [2.45, 2.75) is 25.7 Å². The number of halogens is 1. The van der Waals surface area contributed by atoms with Crippen LogP contribution in [0.4, 0.5) is 11.4 Å². The van der Waals surface area contributed by atoms with Crippen molar-refractivity contribution in [3.8, 4) is 22.6 Å². The Morgan fingerprint density at radius 1 is 1.00 bits per heavy atom. The van der Waals surface area contributed by atoms with Crippen LogP contribution in [0.1, 0.15) is 25.2 Å². The van der Waals surface area contributed by atoms with Gasteiger partial charge in [0.2, 0.25) is 11.8 Å². The number of amides is 2. The molecule has 3 aromatic carbocycles. The number of rotatable bonds is 7. The molecule has 35 heavy (non-hydrogen) atoms. The summed E-state index contributed by atoms with van der Waals surface area (Å²) in [5.74, 6) is 1.08. The van der Waals surface area contributed by atoms with E-state index in [1.807, 2.05) is 60.7 Å². The van der Waals surface area contributed by atoms with E-state index in [9.17, 15) is 9.59 Å². The number of nitrogens with zero attached hydrogens (tertiary/aromatic N) is 2. The second kappa shape index (κ2) is 10.2. The molecule has 1 N–H and O–H groups in total. The zero-order chi connectivity index (χ0) is 24.2. The highest BCUT2D eigenvalue weighted by Gasteiger charge is 2.24. The molecule has 2 heterocycles. The molecule has 0 atom stereocenters. The van der Waals surface area contributed by atoms with Crippen molar-refractivity contribution < 1.29 is 14.0 Å². The minimum absolute atomic E-state index is 0.0689. The first kappa shape index (κ1) is 22.9. The maximum Gasteiger partial charge on any atom is 0.227 e. The topological polar surface area (TPSA) is 75.4 Å². The van der Waals surface area contributed by atoms with E-state index >= 15 is 0 Å². The third-order valence-electron chi connectivity index (χ3n) is 5.92. The SMILES string of the molecule is O=C(CCc1nc(-c2ccccc2)c(-c2ccccc2)o1)Nc1ccc(N2CCCC2=O)c(Cl)c1. The Balaban J connectivity index is 1.28. The molecule has 0 radical (unpaired) electrons. The van der Waals surface area contributed by atoms with Gasteiger partial charge in [-0.25, -0.2) is 4.98 Å². The van der Waals surface area contributed by atoms with Crippen LogP contribution in [0.15, 0.2) is 83.3 Å². The molecule has 0 aliphatic carbocycles. The van der Waals surface area contributed by atoms with Crippen LogP contribution >= 0.6 is 11.6 Å². The quantitative estimate of drug-likeness (QED) is 0.330. The van der Waals surface area contributed by atoms with E-state index in [-0.39, 0.29) is 18.2 Å². The smallest absolute Gasteiger partial charge is 0.227 e. The Bertz CT molecular complexity index is 1300. The zero-order valence-corrected chi connectivity index (χ0v) is 19.8. The average molecular weight is 486 g/mol. The summed E-state index contributed by atoms with van der Waals surface area (Å²) in [5.41, 5.74) is 3.90. The number of aromatic nitrogens is 1. The van der Waals surface area contributed by atoms with E-state index in [1.165, 1.54) is 0 Å². The molecule has 2 amide bonds. The molecule has 4 aromatic rings. The maximum atomic E-state index is 12.6. The van der Waals surface area contributed by atoms with Gasteiger partial charge >= 0.3 is 0 Å². The first-order valence-electron chi connectivity index (χ1n) is 11.6. The summed E-state index contributed by atoms with van der Waals surface area (Å²) in [6, 6.07) is 24.9. The number of aryl methyl sites for hydroxylation is 1. The number of hydrogen-bond acceptors (Lipinski definition) is 4. The summed E-state index contributed by atoms with van der Waals surface area (Å²) < 4.78 is 6.11. The molecule has 176 valence electrons. The summed E-state index contributed by atoms with van der Waals surface area (Å²) in [6.07, 6.45) is 1.92. The van der Waals surface area contributed by atoms with E-state index in [0.29, 0.717) is 47.4 Å². The molecule has 1 aliphatic heterocycles. The van der Waals surface area contributed by atoms with Gasteiger partial charge in [-0.05, 0) is 24.6 Å². The average Bonchev–Trinajstić information content (AvgIpc) is 3.50. The molecule has 7 heteroatoms. The van der Waals surface area contributed by atoms with Crippen molar-refractivity contribution in [2.75, 3.05) is 16.8 Å². The van der Waals surface area contributed by atoms with Crippen LogP contribution in [-0.2, 0) is 16.0 Å². The van der Waals surface area contributed by atoms with Gasteiger partial charge in [0.05, 0.1) is 10.7 Å². The number of carbonyl (C=O) groups excluding carboxylic acids is 2. The standard InChI is InChI=1S/C28H24ClN3O3/c29-22-18-21(13-14-23(22)32-17-7-12-26(32)34)30-24(33)15-16-25-31-27(19-8-3-1-4-9-19)28(35-25)20-10-5-2-6-11-20/h1-6,8-11,13-14,18H,7,12,15-17H2,(H,30,33). The summed E-state index contributed by atoms with van der Waals surface area (Å²) in [4.78, 5) is 31.0. The van der Waals surface area contributed by atoms with E-state index in [1.54, 1.807) is 23.1 Å². The van der Waals surface area contributed by atoms with Gasteiger partial charge in [-0.1, -0.05) is 72.3 Å². The molecular weight excluding hydrogens is 462 g/mol. The third-order valence-corrected chi connectivity index (χ3v) is 6.22. The molecule has 1 saturated heterocycles. The summed E-state index contributed by atoms with van der Waals surface area (Å²) in [5, 5.41) is 3.31. The molecular formula is C28H24ClN3O3. The Kier molecular flexibility index (Phi) is 6.64. The third kappa shape index (κ3) is 5.12. The second-order valence-electron chi connectivity index (χ2n) is 8.38. The van der Waals surface area contributed by atoms with Gasteiger partial charge in [-0.3, -0.25) is 9.59 Å². The molecule has 1 fully saturated rings. The van der Waals surface area contributed by atoms with Crippen LogP contribution in [0.2, 0.25) is 5.02 Å². The lowest BCUT2D eigenvalue weighted by Gasteiger charge is -2.18. The predicted octanol–water partition coefficient (Wildman–Crippen LogP) is 6.36. The van der Waals surface area contributed by atoms with Gasteiger partial charge in [0.1, 0.15) is 5.69 Å². The maximum absolute atomic E-state index is 12.6. The lowest BCUT2D eigenvalue weighted by molar-refractivity contribution is -0.117. The predicted molar refractivity (Wildman–Crippen MR) is 137 cm³/mol. The van der Waals surface area contributed by atoms with Gasteiger partial charge < -0.3 is 14.6 Å². The molecule has 1 aromatic heterocycles. The van der Waals surface area contributed by atoms with E-state index in [4.69, 9.17) is 21.0 Å². The van der Waals surface area contributed by atoms with Gasteiger partial charge in [0, 0.05) is 42.6 Å². The van der Waals surface area contributed by atoms with Crippen molar-refractivity contribution in [3.05, 3.63) is 89.8 Å². The van der Waals surface area contributed by atoms with E-state index in [0.717, 1.165) is 23.2 Å². The highest BCUT2D eigenvalue weighted by Crippen LogP contribution is 2.34. The fourth-order valence-electron chi connectivity index (χ4n) is 4.20. The number of carbonyl (C=O) groups is 2. The fourth-order valence-corrected chi connectivity index (χ4v) is 4.48. The first-order chi connectivity index (χ1) is 17.1. The van der Waals surface area contributed by atoms with Crippen LogP contribution in [0.5, 0.6) is 0 Å². The lowest BCUT2D eigenvalue weighted by atomic mass is 10.1. The largest absolute Gasteiger partial charge is 0.440 e. The summed E-state index contributed by atoms with van der Waals surface area (Å²) in [6.45, 7) is 0.663. The van der Waals surface area contributed by atoms with Gasteiger partial charge in [0.15, 0.2) is 11.7 Å². The monoisotopic (exact) mass is 485 g/mol. The highest BCUT2D eigenvalue weighted by atomic mass is 35.5. The Morgan fingerprint density at radius 3 is 2.37 bits per heavy atom. The van der Waals surface area contributed by atoms with Crippen LogP contribution in [0.25, 0.3) is 22.6 Å². The van der Waals surface area contributed by atoms with Crippen LogP contribution < -0.4 is 10.2 Å². The lowest BCUT2D eigenvalue weighted by Crippen LogP contribution is -2.24. The van der Waals surface area contributed by atoms with E-state index in [2.05, 4.69) is 5.32 Å². The second-order valence-corrected chi connectivity index (χ2v) is 8.79. The number of nitrogens with one attached hydrogen (secondary N) is 1. The Morgan fingerprint density at radius 2 is 1.71 bits per heavy atom. The molecule has 0 spiro atoms. The molecule has 5 rings (SSSR count). The number of oxazole rings is 1.